The van der Waals surface area contributed by atoms with Crippen LogP contribution in [0.3, 0.4) is 0 Å². The molecule has 0 bridgehead atoms. The molecule has 0 aliphatic rings. The van der Waals surface area contributed by atoms with Crippen molar-refractivity contribution < 1.29 is 8.78 Å². The van der Waals surface area contributed by atoms with Gasteiger partial charge in [0.25, 0.3) is 0 Å². The van der Waals surface area contributed by atoms with Gasteiger partial charge in [-0.3, -0.25) is 0 Å². The maximum atomic E-state index is 13.1. The Bertz CT molecular complexity index is 593. The second-order valence-corrected chi connectivity index (χ2v) is 3.72. The third-order valence-electron chi connectivity index (χ3n) is 2.29. The minimum atomic E-state index is -0.881. The van der Waals surface area contributed by atoms with Gasteiger partial charge in [0.1, 0.15) is 4.64 Å². The third-order valence-corrected chi connectivity index (χ3v) is 2.71. The van der Waals surface area contributed by atoms with E-state index in [2.05, 4.69) is 9.97 Å². The van der Waals surface area contributed by atoms with Crippen LogP contribution in [-0.4, -0.2) is 9.97 Å². The lowest BCUT2D eigenvalue weighted by atomic mass is 10.1. The molecule has 0 fully saturated rings. The van der Waals surface area contributed by atoms with Gasteiger partial charge in [0, 0.05) is 11.1 Å². The van der Waals surface area contributed by atoms with Crippen molar-refractivity contribution in [3.05, 3.63) is 46.4 Å². The SMILES string of the molecule is Cc1c(-c2ccc(F)c(F)c2)[nH]cnc1=S. The summed E-state index contributed by atoms with van der Waals surface area (Å²) in [5, 5.41) is 0. The molecule has 0 aliphatic heterocycles. The Kier molecular flexibility index (Phi) is 2.78. The normalized spacial score (nSPS) is 10.4. The first-order chi connectivity index (χ1) is 7.59. The topological polar surface area (TPSA) is 28.7 Å². The average Bonchev–Trinajstić information content (AvgIpc) is 2.26. The molecule has 1 aromatic heterocycles. The molecule has 0 radical (unpaired) electrons. The van der Waals surface area contributed by atoms with Crippen LogP contribution < -0.4 is 0 Å². The molecule has 0 aliphatic carbocycles. The van der Waals surface area contributed by atoms with Gasteiger partial charge in [-0.1, -0.05) is 12.2 Å². The Morgan fingerprint density at radius 1 is 1.25 bits per heavy atom. The summed E-state index contributed by atoms with van der Waals surface area (Å²) < 4.78 is 26.3. The van der Waals surface area contributed by atoms with Crippen LogP contribution in [0.2, 0.25) is 0 Å². The van der Waals surface area contributed by atoms with Gasteiger partial charge < -0.3 is 4.98 Å². The van der Waals surface area contributed by atoms with Crippen LogP contribution in [-0.2, 0) is 0 Å². The average molecular weight is 238 g/mol. The quantitative estimate of drug-likeness (QED) is 0.771. The van der Waals surface area contributed by atoms with E-state index < -0.39 is 11.6 Å². The molecular formula is C11H8F2N2S. The van der Waals surface area contributed by atoms with Gasteiger partial charge in [0.2, 0.25) is 0 Å². The molecule has 0 saturated carbocycles. The molecule has 2 rings (SSSR count). The van der Waals surface area contributed by atoms with Gasteiger partial charge in [-0.15, -0.1) is 0 Å². The number of rotatable bonds is 1. The van der Waals surface area contributed by atoms with Crippen LogP contribution in [0.1, 0.15) is 5.56 Å². The number of H-pyrrole nitrogens is 1. The van der Waals surface area contributed by atoms with E-state index in [1.165, 1.54) is 12.4 Å². The molecule has 0 spiro atoms. The third kappa shape index (κ3) is 1.86. The second-order valence-electron chi connectivity index (χ2n) is 3.34. The van der Waals surface area contributed by atoms with Crippen molar-refractivity contribution in [2.24, 2.45) is 0 Å². The van der Waals surface area contributed by atoms with Crippen molar-refractivity contribution in [3.8, 4) is 11.3 Å². The number of nitrogens with zero attached hydrogens (tertiary/aromatic N) is 1. The van der Waals surface area contributed by atoms with Crippen LogP contribution in [0.4, 0.5) is 8.78 Å². The summed E-state index contributed by atoms with van der Waals surface area (Å²) in [6, 6.07) is 3.70. The number of hydrogen-bond acceptors (Lipinski definition) is 2. The van der Waals surface area contributed by atoms with Gasteiger partial charge in [-0.05, 0) is 25.1 Å². The molecule has 1 heterocycles. The Morgan fingerprint density at radius 2 is 2.00 bits per heavy atom. The summed E-state index contributed by atoms with van der Waals surface area (Å²) in [5.74, 6) is -1.75. The molecule has 0 saturated heterocycles. The monoisotopic (exact) mass is 238 g/mol. The van der Waals surface area contributed by atoms with Crippen molar-refractivity contribution in [2.45, 2.75) is 6.92 Å². The van der Waals surface area contributed by atoms with Crippen molar-refractivity contribution in [3.63, 3.8) is 0 Å². The molecule has 2 aromatic rings. The number of benzene rings is 1. The highest BCUT2D eigenvalue weighted by molar-refractivity contribution is 7.71. The number of halogens is 2. The van der Waals surface area contributed by atoms with E-state index in [1.807, 2.05) is 0 Å². The van der Waals surface area contributed by atoms with Crippen LogP contribution in [0, 0.1) is 23.2 Å². The zero-order valence-corrected chi connectivity index (χ0v) is 9.24. The fourth-order valence-electron chi connectivity index (χ4n) is 1.42. The first kappa shape index (κ1) is 10.9. The fourth-order valence-corrected chi connectivity index (χ4v) is 1.57. The number of aromatic amines is 1. The van der Waals surface area contributed by atoms with E-state index in [9.17, 15) is 8.78 Å². The van der Waals surface area contributed by atoms with Crippen molar-refractivity contribution in [1.29, 1.82) is 0 Å². The molecule has 82 valence electrons. The summed E-state index contributed by atoms with van der Waals surface area (Å²) in [7, 11) is 0. The summed E-state index contributed by atoms with van der Waals surface area (Å²) in [4.78, 5) is 6.77. The maximum Gasteiger partial charge on any atom is 0.159 e. The summed E-state index contributed by atoms with van der Waals surface area (Å²) in [5.41, 5.74) is 1.94. The highest BCUT2D eigenvalue weighted by Gasteiger charge is 2.07. The predicted molar refractivity (Wildman–Crippen MR) is 59.5 cm³/mol. The van der Waals surface area contributed by atoms with E-state index in [1.54, 1.807) is 6.92 Å². The van der Waals surface area contributed by atoms with E-state index in [0.29, 0.717) is 15.9 Å². The Hall–Kier alpha value is -1.62. The molecule has 0 atom stereocenters. The van der Waals surface area contributed by atoms with Crippen LogP contribution in [0.15, 0.2) is 24.5 Å². The number of nitrogens with one attached hydrogen (secondary N) is 1. The highest BCUT2D eigenvalue weighted by atomic mass is 32.1. The molecule has 16 heavy (non-hydrogen) atoms. The first-order valence-corrected chi connectivity index (χ1v) is 5.00. The number of hydrogen-bond donors (Lipinski definition) is 1. The summed E-state index contributed by atoms with van der Waals surface area (Å²) >= 11 is 5.00. The van der Waals surface area contributed by atoms with E-state index >= 15 is 0 Å². The molecule has 2 nitrogen and oxygen atoms in total. The Labute approximate surface area is 96.0 Å². The van der Waals surface area contributed by atoms with Crippen molar-refractivity contribution in [1.82, 2.24) is 9.97 Å². The fraction of sp³-hybridized carbons (Fsp3) is 0.0909. The molecular weight excluding hydrogens is 230 g/mol. The van der Waals surface area contributed by atoms with Gasteiger partial charge >= 0.3 is 0 Å². The van der Waals surface area contributed by atoms with Crippen LogP contribution >= 0.6 is 12.2 Å². The first-order valence-electron chi connectivity index (χ1n) is 4.59. The van der Waals surface area contributed by atoms with Crippen LogP contribution in [0.25, 0.3) is 11.3 Å². The minimum absolute atomic E-state index is 0.443. The summed E-state index contributed by atoms with van der Waals surface area (Å²) in [6.45, 7) is 1.78. The molecule has 1 N–H and O–H groups in total. The van der Waals surface area contributed by atoms with Gasteiger partial charge in [-0.2, -0.15) is 0 Å². The molecule has 5 heteroatoms. The Balaban J connectivity index is 2.63. The maximum absolute atomic E-state index is 13.1. The van der Waals surface area contributed by atoms with Crippen molar-refractivity contribution in [2.75, 3.05) is 0 Å². The lowest BCUT2D eigenvalue weighted by Crippen LogP contribution is -1.93. The van der Waals surface area contributed by atoms with Gasteiger partial charge in [0.05, 0.1) is 12.0 Å². The smallest absolute Gasteiger partial charge is 0.159 e. The van der Waals surface area contributed by atoms with E-state index in [0.717, 1.165) is 17.7 Å². The zero-order chi connectivity index (χ0) is 11.7. The molecule has 1 aromatic carbocycles. The van der Waals surface area contributed by atoms with E-state index in [-0.39, 0.29) is 0 Å². The predicted octanol–water partition coefficient (Wildman–Crippen LogP) is 3.39. The molecule has 0 amide bonds. The van der Waals surface area contributed by atoms with Gasteiger partial charge in [-0.25, -0.2) is 13.8 Å². The lowest BCUT2D eigenvalue weighted by Gasteiger charge is -2.05. The minimum Gasteiger partial charge on any atom is -0.346 e. The van der Waals surface area contributed by atoms with E-state index in [4.69, 9.17) is 12.2 Å². The van der Waals surface area contributed by atoms with Crippen LogP contribution in [0.5, 0.6) is 0 Å². The Morgan fingerprint density at radius 3 is 2.69 bits per heavy atom. The molecule has 0 unspecified atom stereocenters. The standard InChI is InChI=1S/C11H8F2N2S/c1-6-10(14-5-15-11(6)16)7-2-3-8(12)9(13)4-7/h2-5H,1H3,(H,14,15,16). The second kappa shape index (κ2) is 4.09. The number of aromatic nitrogens is 2. The lowest BCUT2D eigenvalue weighted by molar-refractivity contribution is 0.509. The highest BCUT2D eigenvalue weighted by Crippen LogP contribution is 2.22. The van der Waals surface area contributed by atoms with Gasteiger partial charge in [0.15, 0.2) is 11.6 Å². The van der Waals surface area contributed by atoms with Crippen molar-refractivity contribution >= 4 is 12.2 Å². The largest absolute Gasteiger partial charge is 0.346 e. The summed E-state index contributed by atoms with van der Waals surface area (Å²) in [6.07, 6.45) is 1.44. The zero-order valence-electron chi connectivity index (χ0n) is 8.42.